The minimum absolute atomic E-state index is 0.0565. The van der Waals surface area contributed by atoms with Crippen LogP contribution in [0.25, 0.3) is 0 Å². The van der Waals surface area contributed by atoms with Crippen molar-refractivity contribution in [3.05, 3.63) is 87.4 Å². The van der Waals surface area contributed by atoms with E-state index >= 15 is 0 Å². The second-order valence-electron chi connectivity index (χ2n) is 10.2. The molecule has 1 N–H and O–H groups in total. The fraction of sp³-hybridized carbons (Fsp3) is 0.344. The number of anilines is 2. The van der Waals surface area contributed by atoms with Gasteiger partial charge in [-0.3, -0.25) is 14.4 Å². The third kappa shape index (κ3) is 6.73. The van der Waals surface area contributed by atoms with Crippen LogP contribution in [-0.2, 0) is 19.1 Å². The van der Waals surface area contributed by atoms with Crippen LogP contribution < -0.4 is 15.0 Å². The molecule has 2 amide bonds. The maximum atomic E-state index is 13.5. The lowest BCUT2D eigenvalue weighted by atomic mass is 9.83. The molecule has 2 atom stereocenters. The van der Waals surface area contributed by atoms with E-state index in [2.05, 4.69) is 21.2 Å². The first kappa shape index (κ1) is 29.3. The minimum Gasteiger partial charge on any atom is -0.496 e. The highest BCUT2D eigenvalue weighted by Crippen LogP contribution is 2.43. The van der Waals surface area contributed by atoms with Crippen molar-refractivity contribution in [3.63, 3.8) is 0 Å². The smallest absolute Gasteiger partial charge is 0.311 e. The number of nitrogens with zero attached hydrogens (tertiary/aromatic N) is 1. The minimum atomic E-state index is -0.586. The number of aryl methyl sites for hydroxylation is 3. The molecule has 0 aliphatic carbocycles. The molecule has 3 aromatic rings. The van der Waals surface area contributed by atoms with E-state index in [4.69, 9.17) is 9.47 Å². The van der Waals surface area contributed by atoms with E-state index in [-0.39, 0.29) is 37.2 Å². The first-order valence-corrected chi connectivity index (χ1v) is 14.2. The molecule has 0 bridgehead atoms. The summed E-state index contributed by atoms with van der Waals surface area (Å²) >= 11 is 3.47. The standard InChI is InChI=1S/C32H35BrN2O5/c1-20-11-13-24(14-12-20)35-29(37)16-15-26(31(35)25-8-5-6-9-27(25)39-4)32(38)40-17-7-10-28(36)34-30-21(2)18-23(33)19-22(30)3/h5-6,8-9,11-14,18-19,26,31H,7,10,15-17H2,1-4H3,(H,34,36). The summed E-state index contributed by atoms with van der Waals surface area (Å²) in [7, 11) is 1.58. The van der Waals surface area contributed by atoms with Gasteiger partial charge in [0.2, 0.25) is 11.8 Å². The number of ether oxygens (including phenoxy) is 2. The van der Waals surface area contributed by atoms with Crippen LogP contribution in [0.2, 0.25) is 0 Å². The molecule has 1 heterocycles. The second-order valence-corrected chi connectivity index (χ2v) is 11.1. The Kier molecular flexibility index (Phi) is 9.63. The van der Waals surface area contributed by atoms with E-state index in [1.807, 2.05) is 81.4 Å². The highest BCUT2D eigenvalue weighted by Gasteiger charge is 2.43. The molecule has 8 heteroatoms. The number of amides is 2. The van der Waals surface area contributed by atoms with Crippen molar-refractivity contribution in [3.8, 4) is 5.75 Å². The Morgan fingerprint density at radius 1 is 1.02 bits per heavy atom. The number of hydrogen-bond acceptors (Lipinski definition) is 5. The molecule has 4 rings (SSSR count). The van der Waals surface area contributed by atoms with Crippen LogP contribution in [0.5, 0.6) is 5.75 Å². The van der Waals surface area contributed by atoms with Crippen molar-refractivity contribution in [2.45, 2.75) is 52.5 Å². The molecule has 0 aromatic heterocycles. The summed E-state index contributed by atoms with van der Waals surface area (Å²) < 4.78 is 12.3. The van der Waals surface area contributed by atoms with Crippen LogP contribution in [0, 0.1) is 26.7 Å². The lowest BCUT2D eigenvalue weighted by Crippen LogP contribution is -2.46. The van der Waals surface area contributed by atoms with Gasteiger partial charge < -0.3 is 19.7 Å². The van der Waals surface area contributed by atoms with E-state index in [1.165, 1.54) is 0 Å². The third-order valence-corrected chi connectivity index (χ3v) is 7.68. The maximum Gasteiger partial charge on any atom is 0.311 e. The molecule has 3 aromatic carbocycles. The van der Waals surface area contributed by atoms with Gasteiger partial charge in [0.15, 0.2) is 0 Å². The number of piperidine rings is 1. The number of methoxy groups -OCH3 is 1. The molecule has 0 spiro atoms. The summed E-state index contributed by atoms with van der Waals surface area (Å²) in [6.07, 6.45) is 1.20. The van der Waals surface area contributed by atoms with Crippen LogP contribution in [0.15, 0.2) is 65.1 Å². The molecule has 2 unspecified atom stereocenters. The zero-order valence-electron chi connectivity index (χ0n) is 23.3. The van der Waals surface area contributed by atoms with E-state index in [9.17, 15) is 14.4 Å². The number of nitrogens with one attached hydrogen (secondary N) is 1. The molecule has 0 radical (unpaired) electrons. The van der Waals surface area contributed by atoms with E-state index < -0.39 is 12.0 Å². The summed E-state index contributed by atoms with van der Waals surface area (Å²) in [6.45, 7) is 5.99. The molecular weight excluding hydrogens is 572 g/mol. The normalized spacial score (nSPS) is 16.9. The first-order chi connectivity index (χ1) is 19.2. The van der Waals surface area contributed by atoms with Crippen molar-refractivity contribution >= 4 is 45.1 Å². The second kappa shape index (κ2) is 13.1. The Labute approximate surface area is 244 Å². The van der Waals surface area contributed by atoms with Crippen LogP contribution in [-0.4, -0.2) is 31.5 Å². The number of rotatable bonds is 9. The Morgan fingerprint density at radius 2 is 1.70 bits per heavy atom. The lowest BCUT2D eigenvalue weighted by molar-refractivity contribution is -0.151. The Bertz CT molecular complexity index is 1370. The third-order valence-electron chi connectivity index (χ3n) is 7.22. The highest BCUT2D eigenvalue weighted by atomic mass is 79.9. The predicted octanol–water partition coefficient (Wildman–Crippen LogP) is 6.83. The topological polar surface area (TPSA) is 84.9 Å². The van der Waals surface area contributed by atoms with Crippen LogP contribution in [0.4, 0.5) is 11.4 Å². The fourth-order valence-electron chi connectivity index (χ4n) is 5.24. The van der Waals surface area contributed by atoms with Gasteiger partial charge in [-0.15, -0.1) is 0 Å². The van der Waals surface area contributed by atoms with Crippen molar-refractivity contribution in [2.75, 3.05) is 23.9 Å². The monoisotopic (exact) mass is 606 g/mol. The molecule has 210 valence electrons. The number of esters is 1. The molecule has 1 aliphatic heterocycles. The van der Waals surface area contributed by atoms with Gasteiger partial charge in [-0.05, 0) is 75.1 Å². The lowest BCUT2D eigenvalue weighted by Gasteiger charge is -2.40. The summed E-state index contributed by atoms with van der Waals surface area (Å²) in [5.41, 5.74) is 5.29. The molecule has 7 nitrogen and oxygen atoms in total. The zero-order chi connectivity index (χ0) is 28.8. The number of carbonyl (C=O) groups is 3. The van der Waals surface area contributed by atoms with Crippen molar-refractivity contribution < 1.29 is 23.9 Å². The summed E-state index contributed by atoms with van der Waals surface area (Å²) in [6, 6.07) is 18.5. The van der Waals surface area contributed by atoms with Gasteiger partial charge in [0.1, 0.15) is 5.75 Å². The molecule has 1 aliphatic rings. The van der Waals surface area contributed by atoms with E-state index in [1.54, 1.807) is 12.0 Å². The van der Waals surface area contributed by atoms with Gasteiger partial charge in [0, 0.05) is 34.3 Å². The van der Waals surface area contributed by atoms with Crippen molar-refractivity contribution in [1.82, 2.24) is 0 Å². The number of benzene rings is 3. The SMILES string of the molecule is COc1ccccc1C1C(C(=O)OCCCC(=O)Nc2c(C)cc(Br)cc2C)CCC(=O)N1c1ccc(C)cc1. The number of carbonyl (C=O) groups excluding carboxylic acids is 3. The summed E-state index contributed by atoms with van der Waals surface area (Å²) in [5, 5.41) is 2.97. The Hall–Kier alpha value is -3.65. The number of hydrogen-bond donors (Lipinski definition) is 1. The van der Waals surface area contributed by atoms with Crippen molar-refractivity contribution in [2.24, 2.45) is 5.92 Å². The fourth-order valence-corrected chi connectivity index (χ4v) is 5.92. The van der Waals surface area contributed by atoms with Crippen LogP contribution in [0.3, 0.4) is 0 Å². The molecule has 1 saturated heterocycles. The predicted molar refractivity (Wildman–Crippen MR) is 160 cm³/mol. The average molecular weight is 608 g/mol. The molecule has 40 heavy (non-hydrogen) atoms. The van der Waals surface area contributed by atoms with E-state index in [0.29, 0.717) is 18.6 Å². The quantitative estimate of drug-likeness (QED) is 0.213. The summed E-state index contributed by atoms with van der Waals surface area (Å²) in [5.74, 6) is -0.561. The van der Waals surface area contributed by atoms with Crippen LogP contribution >= 0.6 is 15.9 Å². The van der Waals surface area contributed by atoms with Gasteiger partial charge in [0.25, 0.3) is 0 Å². The highest BCUT2D eigenvalue weighted by molar-refractivity contribution is 9.10. The Morgan fingerprint density at radius 3 is 2.38 bits per heavy atom. The number of halogens is 1. The van der Waals surface area contributed by atoms with Crippen molar-refractivity contribution in [1.29, 1.82) is 0 Å². The van der Waals surface area contributed by atoms with E-state index in [0.717, 1.165) is 38.1 Å². The van der Waals surface area contributed by atoms with Gasteiger partial charge in [-0.2, -0.15) is 0 Å². The molecule has 0 saturated carbocycles. The first-order valence-electron chi connectivity index (χ1n) is 13.4. The number of para-hydroxylation sites is 1. The zero-order valence-corrected chi connectivity index (χ0v) is 24.9. The molecular formula is C32H35BrN2O5. The van der Waals surface area contributed by atoms with Crippen LogP contribution in [0.1, 0.15) is 54.0 Å². The van der Waals surface area contributed by atoms with Gasteiger partial charge in [0.05, 0.1) is 25.7 Å². The average Bonchev–Trinajstić information content (AvgIpc) is 2.93. The van der Waals surface area contributed by atoms with Gasteiger partial charge >= 0.3 is 5.97 Å². The largest absolute Gasteiger partial charge is 0.496 e. The van der Waals surface area contributed by atoms with Gasteiger partial charge in [-0.1, -0.05) is 51.8 Å². The maximum absolute atomic E-state index is 13.5. The Balaban J connectivity index is 1.47. The molecule has 1 fully saturated rings. The van der Waals surface area contributed by atoms with Gasteiger partial charge in [-0.25, -0.2) is 0 Å². The summed E-state index contributed by atoms with van der Waals surface area (Å²) in [4.78, 5) is 41.0.